The third kappa shape index (κ3) is 24.2. The second-order valence-electron chi connectivity index (χ2n) is 19.2. The molecule has 0 aromatic heterocycles. The molecule has 3 saturated heterocycles. The number of rotatable bonds is 27. The Balaban J connectivity index is 2.74. The number of ether oxygens (including phenoxy) is 18. The van der Waals surface area contributed by atoms with Gasteiger partial charge < -0.3 is 85.3 Å². The van der Waals surface area contributed by atoms with Crippen LogP contribution in [0.2, 0.25) is 0 Å². The Hall–Kier alpha value is -7.96. The molecule has 0 aliphatic carbocycles. The lowest BCUT2D eigenvalue weighted by Gasteiger charge is -2.48. The third-order valence-electron chi connectivity index (χ3n) is 11.4. The largest absolute Gasteiger partial charge is 0.482 e. The Labute approximate surface area is 505 Å². The van der Waals surface area contributed by atoms with E-state index >= 15 is 4.57 Å². The first kappa shape index (κ1) is 75.3. The Bertz CT molecular complexity index is 2410. The Morgan fingerprint density at radius 3 is 0.618 bits per heavy atom. The lowest BCUT2D eigenvalue weighted by Crippen LogP contribution is -2.66. The molecule has 500 valence electrons. The van der Waals surface area contributed by atoms with Crippen molar-refractivity contribution in [3.8, 4) is 0 Å². The van der Waals surface area contributed by atoms with E-state index in [1.807, 2.05) is 0 Å². The molecule has 0 aromatic carbocycles. The number of phosphoric acid groups is 1. The van der Waals surface area contributed by atoms with Gasteiger partial charge >= 0.3 is 97.4 Å². The highest BCUT2D eigenvalue weighted by Gasteiger charge is 2.63. The van der Waals surface area contributed by atoms with E-state index < -0.39 is 228 Å². The van der Waals surface area contributed by atoms with Gasteiger partial charge in [0.25, 0.3) is 0 Å². The number of hydrogen-bond acceptors (Lipinski definition) is 37. The summed E-state index contributed by atoms with van der Waals surface area (Å²) in [6.45, 7) is 9.26. The normalized spacial score (nSPS) is 27.4. The topological polar surface area (TPSA) is 467 Å². The van der Waals surface area contributed by atoms with Gasteiger partial charge in [-0.05, 0) is 0 Å². The summed E-state index contributed by atoms with van der Waals surface area (Å²) in [5.41, 5.74) is 0. The number of carbonyl (C=O) groups is 15. The molecular formula is C51H69O37P. The molecule has 0 unspecified atom stereocenters. The molecule has 18 atom stereocenters. The van der Waals surface area contributed by atoms with Crippen molar-refractivity contribution in [2.75, 3.05) is 19.8 Å². The molecule has 0 N–H and O–H groups in total. The maximum atomic E-state index is 16.7. The van der Waals surface area contributed by atoms with Gasteiger partial charge in [0.05, 0.1) is 0 Å². The third-order valence-corrected chi connectivity index (χ3v) is 12.8. The minimum atomic E-state index is -6.61. The zero-order chi connectivity index (χ0) is 67.5. The van der Waals surface area contributed by atoms with Gasteiger partial charge in [-0.1, -0.05) is 0 Å². The summed E-state index contributed by atoms with van der Waals surface area (Å²) in [4.78, 5) is 193. The molecule has 0 spiro atoms. The maximum Gasteiger partial charge on any atom is 0.482 e. The molecule has 3 aliphatic heterocycles. The van der Waals surface area contributed by atoms with E-state index in [0.29, 0.717) is 0 Å². The molecule has 0 aromatic rings. The van der Waals surface area contributed by atoms with Crippen LogP contribution in [0.15, 0.2) is 0 Å². The van der Waals surface area contributed by atoms with Crippen molar-refractivity contribution in [2.45, 2.75) is 214 Å². The van der Waals surface area contributed by atoms with E-state index in [-0.39, 0.29) is 0 Å². The van der Waals surface area contributed by atoms with Crippen LogP contribution in [0.5, 0.6) is 0 Å². The number of carbonyl (C=O) groups excluding carboxylic acids is 15. The summed E-state index contributed by atoms with van der Waals surface area (Å²) >= 11 is 0. The summed E-state index contributed by atoms with van der Waals surface area (Å²) in [5, 5.41) is 0. The van der Waals surface area contributed by atoms with Gasteiger partial charge in [0, 0.05) is 104 Å². The van der Waals surface area contributed by atoms with Gasteiger partial charge in [0.1, 0.15) is 38.1 Å². The molecule has 3 rings (SSSR count). The minimum Gasteiger partial charge on any atom is -0.462 e. The molecule has 0 radical (unpaired) electrons. The molecule has 89 heavy (non-hydrogen) atoms. The zero-order valence-corrected chi connectivity index (χ0v) is 51.5. The average Bonchev–Trinajstić information content (AvgIpc) is 0.806. The molecule has 37 nitrogen and oxygen atoms in total. The smallest absolute Gasteiger partial charge is 0.462 e. The van der Waals surface area contributed by atoms with Gasteiger partial charge in [-0.25, -0.2) is 4.57 Å². The second kappa shape index (κ2) is 34.1. The molecule has 3 fully saturated rings. The van der Waals surface area contributed by atoms with Crippen molar-refractivity contribution in [3.05, 3.63) is 0 Å². The summed E-state index contributed by atoms with van der Waals surface area (Å²) in [6, 6.07) is 0. The molecule has 0 bridgehead atoms. The van der Waals surface area contributed by atoms with Crippen molar-refractivity contribution >= 4 is 97.4 Å². The van der Waals surface area contributed by atoms with Crippen molar-refractivity contribution in [1.29, 1.82) is 0 Å². The number of phosphoric ester groups is 1. The first-order chi connectivity index (χ1) is 41.3. The van der Waals surface area contributed by atoms with E-state index in [1.165, 1.54) is 0 Å². The first-order valence-electron chi connectivity index (χ1n) is 26.4. The van der Waals surface area contributed by atoms with E-state index in [0.717, 1.165) is 104 Å². The summed E-state index contributed by atoms with van der Waals surface area (Å²) in [7, 11) is -6.61. The molecular weight excluding hydrogens is 1240 g/mol. The Morgan fingerprint density at radius 1 is 0.270 bits per heavy atom. The van der Waals surface area contributed by atoms with E-state index in [2.05, 4.69) is 0 Å². The summed E-state index contributed by atoms with van der Waals surface area (Å²) in [6.07, 6.45) is -42.0. The molecule has 3 aliphatic rings. The summed E-state index contributed by atoms with van der Waals surface area (Å²) < 4.78 is 135. The van der Waals surface area contributed by atoms with E-state index in [9.17, 15) is 71.9 Å². The van der Waals surface area contributed by atoms with Crippen molar-refractivity contribution < 1.29 is 175 Å². The Kier molecular flexibility index (Phi) is 28.9. The first-order valence-corrected chi connectivity index (χ1v) is 27.9. The second-order valence-corrected chi connectivity index (χ2v) is 20.7. The highest BCUT2D eigenvalue weighted by atomic mass is 31.2. The predicted molar refractivity (Wildman–Crippen MR) is 273 cm³/mol. The average molecular weight is 1310 g/mol. The fourth-order valence-corrected chi connectivity index (χ4v) is 10.3. The van der Waals surface area contributed by atoms with Gasteiger partial charge in [-0.3, -0.25) is 85.5 Å². The highest BCUT2D eigenvalue weighted by Crippen LogP contribution is 2.57. The van der Waals surface area contributed by atoms with Crippen LogP contribution < -0.4 is 0 Å². The van der Waals surface area contributed by atoms with Gasteiger partial charge in [0.2, 0.25) is 18.9 Å². The summed E-state index contributed by atoms with van der Waals surface area (Å²) in [5.74, 6) is -18.1. The quantitative estimate of drug-likeness (QED) is 0.0551. The SMILES string of the molecule is CC(=O)OC[C@@H](OC(C)=O)[C@H]1O[C@H](OP(=O)(O[C@H]2O[C@H]([C@@H](COC(C)=O)OC(C)=O)[C@@H](OC(C)=O)[C@H](OC(C)=O)[C@@H]2OC(C)=O)O[C@H]2O[C@H]([C@@H](COC(C)=O)OC(C)=O)[C@@H](OC(C)=O)[C@H](OC(C)=O)[C@@H]2OC(C)=O)[C@@H](OC(C)=O)[C@@H](OC(C)=O)[C@@H]1OC(C)=O. The molecule has 38 heteroatoms. The van der Waals surface area contributed by atoms with Gasteiger partial charge in [-0.15, -0.1) is 0 Å². The van der Waals surface area contributed by atoms with Crippen LogP contribution >= 0.6 is 7.82 Å². The Morgan fingerprint density at radius 2 is 0.449 bits per heavy atom. The molecule has 0 saturated carbocycles. The van der Waals surface area contributed by atoms with Crippen LogP contribution in [0, 0.1) is 0 Å². The van der Waals surface area contributed by atoms with Crippen molar-refractivity contribution in [2.24, 2.45) is 0 Å². The van der Waals surface area contributed by atoms with Crippen molar-refractivity contribution in [1.82, 2.24) is 0 Å². The highest BCUT2D eigenvalue weighted by molar-refractivity contribution is 7.48. The van der Waals surface area contributed by atoms with Crippen LogP contribution in [-0.4, -0.2) is 220 Å². The lowest BCUT2D eigenvalue weighted by atomic mass is 9.94. The van der Waals surface area contributed by atoms with Crippen LogP contribution in [0.3, 0.4) is 0 Å². The van der Waals surface area contributed by atoms with Crippen LogP contribution in [-0.2, 0) is 175 Å². The van der Waals surface area contributed by atoms with Gasteiger partial charge in [0.15, 0.2) is 73.2 Å². The van der Waals surface area contributed by atoms with Gasteiger partial charge in [-0.2, -0.15) is 0 Å². The van der Waals surface area contributed by atoms with E-state index in [4.69, 9.17) is 98.8 Å². The monoisotopic (exact) mass is 1300 g/mol. The molecule has 3 heterocycles. The minimum absolute atomic E-state index is 0.747. The number of hydrogen-bond donors (Lipinski definition) is 0. The standard InChI is InChI=1S/C51H69O37P/c1-19(52)68-16-34(71-22(4)55)37-40(74-25(7)58)43(77-28(10)61)46(80-31(13)64)49(83-37)86-89(67,87-50-47(81-32(14)65)44(78-29(11)62)41(75-26(8)59)38(84-50)35(72-23(5)56)17-69-20(2)53)88-51-48(82-33(15)66)45(79-30(12)63)42(76-27(9)60)39(85-51)36(73-24(6)57)18-70-21(3)54/h34-51H,16-18H2,1-15H3/t34-,35-,36-,37-,38-,39-,40-,41-,42-,43+,44+,45+,46+,47+,48+,49-,50-,51-/m1/s1. The molecule has 0 amide bonds. The fourth-order valence-electron chi connectivity index (χ4n) is 8.85. The van der Waals surface area contributed by atoms with Crippen LogP contribution in [0.4, 0.5) is 0 Å². The zero-order valence-electron chi connectivity index (χ0n) is 50.6. The van der Waals surface area contributed by atoms with Crippen LogP contribution in [0.25, 0.3) is 0 Å². The fraction of sp³-hybridized carbons (Fsp3) is 0.706. The maximum absolute atomic E-state index is 16.7. The lowest BCUT2D eigenvalue weighted by molar-refractivity contribution is -0.326. The predicted octanol–water partition coefficient (Wildman–Crippen LogP) is -0.811. The number of esters is 15. The van der Waals surface area contributed by atoms with Crippen LogP contribution in [0.1, 0.15) is 104 Å². The van der Waals surface area contributed by atoms with Crippen molar-refractivity contribution in [3.63, 3.8) is 0 Å². The van der Waals surface area contributed by atoms with E-state index in [1.54, 1.807) is 0 Å².